The van der Waals surface area contributed by atoms with Crippen LogP contribution in [0.15, 0.2) is 23.3 Å². The number of carbonyl (C=O) groups excluding carboxylic acids is 1. The van der Waals surface area contributed by atoms with E-state index in [-0.39, 0.29) is 11.7 Å². The molecule has 0 radical (unpaired) electrons. The number of anilines is 1. The second-order valence-electron chi connectivity index (χ2n) is 8.78. The van der Waals surface area contributed by atoms with Gasteiger partial charge in [-0.3, -0.25) is 9.79 Å². The summed E-state index contributed by atoms with van der Waals surface area (Å²) in [5.74, 6) is 1.45. The number of rotatable bonds is 7. The smallest absolute Gasteiger partial charge is 0.260 e. The van der Waals surface area contributed by atoms with Crippen molar-refractivity contribution in [2.75, 3.05) is 44.3 Å². The Balaban J connectivity index is 1.17. The minimum Gasteiger partial charge on any atom is -0.483 e. The first-order valence-corrected chi connectivity index (χ1v) is 11.8. The minimum atomic E-state index is -0.268. The highest BCUT2D eigenvalue weighted by Crippen LogP contribution is 2.44. The fraction of sp³-hybridized carbons (Fsp3) is 0.500. The Bertz CT molecular complexity index is 1070. The Morgan fingerprint density at radius 2 is 2.09 bits per heavy atom. The first kappa shape index (κ1) is 22.7. The van der Waals surface area contributed by atoms with E-state index in [1.165, 1.54) is 6.07 Å². The molecule has 0 saturated carbocycles. The average molecular weight is 469 g/mol. The number of benzene rings is 1. The summed E-state index contributed by atoms with van der Waals surface area (Å²) in [6.07, 6.45) is 6.06. The van der Waals surface area contributed by atoms with Crippen LogP contribution in [0.1, 0.15) is 37.1 Å². The van der Waals surface area contributed by atoms with E-state index >= 15 is 0 Å². The zero-order chi connectivity index (χ0) is 23.5. The fourth-order valence-electron chi connectivity index (χ4n) is 5.00. The molecule has 5 rings (SSSR count). The van der Waals surface area contributed by atoms with E-state index < -0.39 is 0 Å². The number of halogens is 1. The highest BCUT2D eigenvalue weighted by atomic mass is 19.1. The van der Waals surface area contributed by atoms with Crippen LogP contribution in [0.25, 0.3) is 0 Å². The van der Waals surface area contributed by atoms with Gasteiger partial charge in [-0.1, -0.05) is 0 Å². The molecule has 1 atom stereocenters. The van der Waals surface area contributed by atoms with Crippen LogP contribution in [0.3, 0.4) is 0 Å². The lowest BCUT2D eigenvalue weighted by molar-refractivity contribution is -0.107. The highest BCUT2D eigenvalue weighted by Gasteiger charge is 2.35. The van der Waals surface area contributed by atoms with Crippen LogP contribution in [-0.2, 0) is 11.3 Å². The van der Waals surface area contributed by atoms with E-state index in [9.17, 15) is 9.18 Å². The lowest BCUT2D eigenvalue weighted by atomic mass is 9.97. The largest absolute Gasteiger partial charge is 0.483 e. The van der Waals surface area contributed by atoms with E-state index in [1.54, 1.807) is 23.4 Å². The van der Waals surface area contributed by atoms with Gasteiger partial charge in [0, 0.05) is 36.8 Å². The highest BCUT2D eigenvalue weighted by molar-refractivity contribution is 5.89. The van der Waals surface area contributed by atoms with E-state index in [0.29, 0.717) is 73.3 Å². The van der Waals surface area contributed by atoms with Gasteiger partial charge in [0.05, 0.1) is 24.1 Å². The molecule has 0 spiro atoms. The monoisotopic (exact) mass is 468 g/mol. The quantitative estimate of drug-likeness (QED) is 0.493. The molecule has 9 nitrogen and oxygen atoms in total. The van der Waals surface area contributed by atoms with Crippen molar-refractivity contribution in [3.8, 4) is 11.6 Å². The lowest BCUT2D eigenvalue weighted by Crippen LogP contribution is -2.44. The lowest BCUT2D eigenvalue weighted by Gasteiger charge is -2.34. The number of hydrogen-bond donors (Lipinski definition) is 1. The van der Waals surface area contributed by atoms with Gasteiger partial charge in [0.25, 0.3) is 5.88 Å². The Kier molecular flexibility index (Phi) is 6.68. The number of aromatic nitrogens is 2. The van der Waals surface area contributed by atoms with Crippen LogP contribution in [0.4, 0.5) is 15.8 Å². The number of ether oxygens (including phenoxy) is 2. The number of nitrogens with zero attached hydrogens (tertiary/aromatic N) is 5. The van der Waals surface area contributed by atoms with E-state index in [0.717, 1.165) is 32.3 Å². The van der Waals surface area contributed by atoms with Gasteiger partial charge in [0.2, 0.25) is 6.41 Å². The van der Waals surface area contributed by atoms with Gasteiger partial charge >= 0.3 is 0 Å². The Morgan fingerprint density at radius 1 is 1.26 bits per heavy atom. The summed E-state index contributed by atoms with van der Waals surface area (Å²) in [7, 11) is 0. The summed E-state index contributed by atoms with van der Waals surface area (Å²) in [5.41, 5.74) is 1.85. The molecule has 4 heterocycles. The molecule has 3 aliphatic rings. The van der Waals surface area contributed by atoms with Gasteiger partial charge in [-0.2, -0.15) is 4.98 Å². The maximum absolute atomic E-state index is 14.8. The molecular weight excluding hydrogens is 439 g/mol. The molecule has 1 saturated heterocycles. The third kappa shape index (κ3) is 4.60. The number of amides is 1. The van der Waals surface area contributed by atoms with Crippen molar-refractivity contribution in [3.05, 3.63) is 35.5 Å². The molecule has 34 heavy (non-hydrogen) atoms. The molecule has 1 amide bonds. The third-order valence-corrected chi connectivity index (χ3v) is 6.62. The molecule has 3 aliphatic heterocycles. The summed E-state index contributed by atoms with van der Waals surface area (Å²) in [5, 5.41) is 3.54. The number of likely N-dealkylation sites (tertiary alicyclic amines) is 1. The van der Waals surface area contributed by atoms with Gasteiger partial charge in [-0.05, 0) is 45.0 Å². The normalized spacial score (nSPS) is 20.6. The number of aliphatic imine (C=N–C) groups is 1. The van der Waals surface area contributed by atoms with E-state index in [2.05, 4.69) is 25.2 Å². The zero-order valence-electron chi connectivity index (χ0n) is 19.2. The average Bonchev–Trinajstić information content (AvgIpc) is 3.24. The van der Waals surface area contributed by atoms with E-state index in [4.69, 9.17) is 9.47 Å². The molecule has 2 aromatic rings. The first-order chi connectivity index (χ1) is 16.7. The van der Waals surface area contributed by atoms with Crippen molar-refractivity contribution in [3.63, 3.8) is 0 Å². The number of piperidine rings is 1. The number of fused-ring (bicyclic) bond motifs is 2. The SMILES string of the molecule is C/C=N\c1ccc(F)c2c1N(C=O)CC2CN1CCC(NCc2ncc3c(n2)OCCO3)CC1. The molecule has 1 unspecified atom stereocenters. The van der Waals surface area contributed by atoms with Crippen molar-refractivity contribution in [1.82, 2.24) is 20.2 Å². The van der Waals surface area contributed by atoms with Gasteiger partial charge in [0.15, 0.2) is 5.75 Å². The predicted molar refractivity (Wildman–Crippen MR) is 126 cm³/mol. The molecule has 1 aromatic heterocycles. The minimum absolute atomic E-state index is 0.0668. The topological polar surface area (TPSA) is 92.2 Å². The summed E-state index contributed by atoms with van der Waals surface area (Å²) >= 11 is 0. The summed E-state index contributed by atoms with van der Waals surface area (Å²) in [6.45, 7) is 6.40. The second kappa shape index (κ2) is 10.0. The van der Waals surface area contributed by atoms with Crippen molar-refractivity contribution < 1.29 is 18.7 Å². The third-order valence-electron chi connectivity index (χ3n) is 6.62. The summed E-state index contributed by atoms with van der Waals surface area (Å²) in [4.78, 5) is 28.8. The maximum Gasteiger partial charge on any atom is 0.260 e. The molecule has 0 aliphatic carbocycles. The number of nitrogens with one attached hydrogen (secondary N) is 1. The summed E-state index contributed by atoms with van der Waals surface area (Å²) < 4.78 is 25.8. The molecular formula is C24H29FN6O3. The number of hydrogen-bond acceptors (Lipinski definition) is 8. The zero-order valence-corrected chi connectivity index (χ0v) is 19.2. The molecule has 0 bridgehead atoms. The first-order valence-electron chi connectivity index (χ1n) is 11.8. The van der Waals surface area contributed by atoms with Crippen molar-refractivity contribution in [1.29, 1.82) is 0 Å². The summed E-state index contributed by atoms with van der Waals surface area (Å²) in [6, 6.07) is 3.45. The molecule has 1 N–H and O–H groups in total. The van der Waals surface area contributed by atoms with Crippen LogP contribution in [-0.4, -0.2) is 72.9 Å². The standard InChI is InChI=1S/C24H29FN6O3/c1-2-26-19-4-3-18(25)22-16(14-31(15-32)23(19)22)13-30-7-5-17(6-8-30)27-12-21-28-11-20-24(29-21)34-10-9-33-20/h2-4,11,15-17,27H,5-10,12-14H2,1H3/b26-2-. The van der Waals surface area contributed by atoms with Crippen LogP contribution in [0.5, 0.6) is 11.6 Å². The van der Waals surface area contributed by atoms with E-state index in [1.807, 2.05) is 6.92 Å². The van der Waals surface area contributed by atoms with Crippen LogP contribution < -0.4 is 19.7 Å². The van der Waals surface area contributed by atoms with Crippen molar-refractivity contribution >= 4 is 24.0 Å². The van der Waals surface area contributed by atoms with Crippen LogP contribution in [0.2, 0.25) is 0 Å². The second-order valence-corrected chi connectivity index (χ2v) is 8.78. The maximum atomic E-state index is 14.8. The number of carbonyl (C=O) groups is 1. The van der Waals surface area contributed by atoms with Gasteiger partial charge < -0.3 is 24.6 Å². The Hall–Kier alpha value is -3.11. The van der Waals surface area contributed by atoms with Crippen molar-refractivity contribution in [2.24, 2.45) is 4.99 Å². The predicted octanol–water partition coefficient (Wildman–Crippen LogP) is 2.42. The molecule has 10 heteroatoms. The fourth-order valence-corrected chi connectivity index (χ4v) is 5.00. The van der Waals surface area contributed by atoms with Crippen LogP contribution >= 0.6 is 0 Å². The molecule has 1 aromatic carbocycles. The van der Waals surface area contributed by atoms with Gasteiger partial charge in [-0.15, -0.1) is 0 Å². The van der Waals surface area contributed by atoms with Crippen LogP contribution in [0, 0.1) is 5.82 Å². The molecule has 1 fully saturated rings. The molecule has 180 valence electrons. The van der Waals surface area contributed by atoms with Gasteiger partial charge in [-0.25, -0.2) is 9.37 Å². The van der Waals surface area contributed by atoms with Crippen molar-refractivity contribution in [2.45, 2.75) is 38.3 Å². The Morgan fingerprint density at radius 3 is 2.88 bits per heavy atom. The van der Waals surface area contributed by atoms with Gasteiger partial charge in [0.1, 0.15) is 24.9 Å². The Labute approximate surface area is 198 Å².